The zero-order chi connectivity index (χ0) is 16.0. The minimum absolute atomic E-state index is 0.436. The summed E-state index contributed by atoms with van der Waals surface area (Å²) in [6.07, 6.45) is 0. The maximum atomic E-state index is 5.94. The predicted octanol–water partition coefficient (Wildman–Crippen LogP) is 5.44. The number of nitrogen functional groups attached to an aromatic ring is 2. The molecule has 0 heterocycles. The van der Waals surface area contributed by atoms with E-state index in [-0.39, 0.29) is 0 Å². The summed E-state index contributed by atoms with van der Waals surface area (Å²) in [5.74, 6) is 1.01. The van der Waals surface area contributed by atoms with Crippen molar-refractivity contribution in [1.82, 2.24) is 0 Å². The summed E-state index contributed by atoms with van der Waals surface area (Å²) in [7, 11) is 0. The van der Waals surface area contributed by atoms with Crippen molar-refractivity contribution < 1.29 is 0 Å². The number of nitrogens with two attached hydrogens (primary N) is 2. The molecule has 21 heavy (non-hydrogen) atoms. The Hall–Kier alpha value is -1.67. The Morgan fingerprint density at radius 2 is 1.43 bits per heavy atom. The van der Waals surface area contributed by atoms with Crippen molar-refractivity contribution in [2.45, 2.75) is 39.5 Å². The van der Waals surface area contributed by atoms with E-state index < -0.39 is 0 Å². The molecule has 0 aromatic heterocycles. The van der Waals surface area contributed by atoms with Crippen molar-refractivity contribution in [3.63, 3.8) is 0 Å². The summed E-state index contributed by atoms with van der Waals surface area (Å²) in [6, 6.07) is 13.6. The molecule has 4 N–H and O–H groups in total. The first kappa shape index (κ1) is 17.4. The number of hydrogen-bond acceptors (Lipinski definition) is 2. The van der Waals surface area contributed by atoms with E-state index in [2.05, 4.69) is 33.8 Å². The number of anilines is 2. The molecule has 0 saturated carbocycles. The molecule has 0 fully saturated rings. The Kier molecular flexibility index (Phi) is 6.57. The smallest absolute Gasteiger partial charge is 0.0442 e. The fourth-order valence-electron chi connectivity index (χ4n) is 1.92. The zero-order valence-corrected chi connectivity index (χ0v) is 14.0. The monoisotopic (exact) mass is 304 g/mol. The van der Waals surface area contributed by atoms with Crippen molar-refractivity contribution in [3.05, 3.63) is 58.6 Å². The number of hydrogen-bond donors (Lipinski definition) is 2. The second-order valence-corrected chi connectivity index (χ2v) is 6.17. The largest absolute Gasteiger partial charge is 0.399 e. The molecule has 0 atom stereocenters. The van der Waals surface area contributed by atoms with Crippen LogP contribution in [0.15, 0.2) is 42.5 Å². The van der Waals surface area contributed by atoms with E-state index in [4.69, 9.17) is 23.1 Å². The molecule has 2 nitrogen and oxygen atoms in total. The van der Waals surface area contributed by atoms with Gasteiger partial charge in [0.25, 0.3) is 0 Å². The fraction of sp³-hybridized carbons (Fsp3) is 0.333. The van der Waals surface area contributed by atoms with Crippen LogP contribution in [0.4, 0.5) is 11.4 Å². The summed E-state index contributed by atoms with van der Waals surface area (Å²) in [5.41, 5.74) is 15.3. The summed E-state index contributed by atoms with van der Waals surface area (Å²) < 4.78 is 0. The first-order chi connectivity index (χ1) is 9.81. The lowest BCUT2D eigenvalue weighted by Crippen LogP contribution is -1.91. The Morgan fingerprint density at radius 3 is 1.86 bits per heavy atom. The van der Waals surface area contributed by atoms with Gasteiger partial charge in [-0.1, -0.05) is 51.4 Å². The van der Waals surface area contributed by atoms with E-state index in [9.17, 15) is 0 Å². The third-order valence-corrected chi connectivity index (χ3v) is 3.56. The summed E-state index contributed by atoms with van der Waals surface area (Å²) in [6.45, 7) is 8.52. The molecular weight excluding hydrogens is 280 g/mol. The highest BCUT2D eigenvalue weighted by molar-refractivity contribution is 6.31. The zero-order valence-electron chi connectivity index (χ0n) is 13.2. The van der Waals surface area contributed by atoms with Crippen LogP contribution in [-0.2, 0) is 0 Å². The summed E-state index contributed by atoms with van der Waals surface area (Å²) >= 11 is 5.94. The van der Waals surface area contributed by atoms with E-state index in [0.717, 1.165) is 22.0 Å². The van der Waals surface area contributed by atoms with Gasteiger partial charge < -0.3 is 11.5 Å². The van der Waals surface area contributed by atoms with E-state index in [1.807, 2.05) is 36.4 Å². The molecular formula is C18H25ClN2. The number of benzene rings is 2. The third-order valence-electron chi connectivity index (χ3n) is 3.22. The Balaban J connectivity index is 0.000000211. The molecule has 0 spiro atoms. The predicted molar refractivity (Wildman–Crippen MR) is 94.9 cm³/mol. The first-order valence-electron chi connectivity index (χ1n) is 7.21. The van der Waals surface area contributed by atoms with Gasteiger partial charge in [0.2, 0.25) is 0 Å². The average Bonchev–Trinajstić information content (AvgIpc) is 2.42. The molecule has 2 rings (SSSR count). The summed E-state index contributed by atoms with van der Waals surface area (Å²) in [4.78, 5) is 0. The molecule has 0 aliphatic heterocycles. The molecule has 2 aromatic carbocycles. The van der Waals surface area contributed by atoms with Crippen LogP contribution in [-0.4, -0.2) is 0 Å². The fourth-order valence-corrected chi connectivity index (χ4v) is 2.26. The normalized spacial score (nSPS) is 10.4. The SMILES string of the molecule is CC(C)c1cc(N)ccc1Cl.CC(C)c1cccc(N)c1. The Bertz CT molecular complexity index is 577. The minimum atomic E-state index is 0.436. The average molecular weight is 305 g/mol. The molecule has 0 unspecified atom stereocenters. The van der Waals surface area contributed by atoms with Crippen LogP contribution in [0.2, 0.25) is 5.02 Å². The molecule has 0 radical (unpaired) electrons. The molecule has 0 bridgehead atoms. The molecule has 0 saturated heterocycles. The molecule has 3 heteroatoms. The van der Waals surface area contributed by atoms with Crippen LogP contribution < -0.4 is 11.5 Å². The molecule has 0 aliphatic carbocycles. The van der Waals surface area contributed by atoms with Gasteiger partial charge in [-0.2, -0.15) is 0 Å². The topological polar surface area (TPSA) is 52.0 Å². The Morgan fingerprint density at radius 1 is 0.810 bits per heavy atom. The maximum absolute atomic E-state index is 5.94. The van der Waals surface area contributed by atoms with Gasteiger partial charge in [0, 0.05) is 16.4 Å². The van der Waals surface area contributed by atoms with E-state index in [0.29, 0.717) is 11.8 Å². The third kappa shape index (κ3) is 5.68. The van der Waals surface area contributed by atoms with Crippen molar-refractivity contribution in [2.24, 2.45) is 0 Å². The van der Waals surface area contributed by atoms with Gasteiger partial charge in [-0.15, -0.1) is 0 Å². The highest BCUT2D eigenvalue weighted by Gasteiger charge is 2.03. The van der Waals surface area contributed by atoms with Gasteiger partial charge in [0.05, 0.1) is 0 Å². The lowest BCUT2D eigenvalue weighted by molar-refractivity contribution is 0.867. The van der Waals surface area contributed by atoms with Gasteiger partial charge >= 0.3 is 0 Å². The van der Waals surface area contributed by atoms with Crippen molar-refractivity contribution in [2.75, 3.05) is 11.5 Å². The van der Waals surface area contributed by atoms with Gasteiger partial charge in [-0.25, -0.2) is 0 Å². The van der Waals surface area contributed by atoms with Crippen LogP contribution in [0.1, 0.15) is 50.7 Å². The molecule has 114 valence electrons. The first-order valence-corrected chi connectivity index (χ1v) is 7.59. The van der Waals surface area contributed by atoms with Crippen LogP contribution in [0.5, 0.6) is 0 Å². The number of rotatable bonds is 2. The van der Waals surface area contributed by atoms with Gasteiger partial charge in [-0.05, 0) is 53.3 Å². The van der Waals surface area contributed by atoms with Crippen LogP contribution >= 0.6 is 11.6 Å². The quantitative estimate of drug-likeness (QED) is 0.726. The lowest BCUT2D eigenvalue weighted by Gasteiger charge is -2.07. The Labute approximate surface area is 133 Å². The highest BCUT2D eigenvalue weighted by atomic mass is 35.5. The van der Waals surface area contributed by atoms with Crippen LogP contribution in [0.25, 0.3) is 0 Å². The van der Waals surface area contributed by atoms with E-state index in [1.165, 1.54) is 5.56 Å². The second-order valence-electron chi connectivity index (χ2n) is 5.76. The number of halogens is 1. The minimum Gasteiger partial charge on any atom is -0.399 e. The summed E-state index contributed by atoms with van der Waals surface area (Å²) in [5, 5.41) is 0.800. The molecule has 0 amide bonds. The molecule has 0 aliphatic rings. The van der Waals surface area contributed by atoms with Crippen LogP contribution in [0, 0.1) is 0 Å². The van der Waals surface area contributed by atoms with Crippen molar-refractivity contribution >= 4 is 23.0 Å². The van der Waals surface area contributed by atoms with Crippen LogP contribution in [0.3, 0.4) is 0 Å². The standard InChI is InChI=1S/C9H12ClN.C9H13N/c1-6(2)8-5-7(11)3-4-9(8)10;1-7(2)8-4-3-5-9(10)6-8/h3-6H,11H2,1-2H3;3-7H,10H2,1-2H3. The van der Waals surface area contributed by atoms with Gasteiger partial charge in [0.1, 0.15) is 0 Å². The van der Waals surface area contributed by atoms with Gasteiger partial charge in [-0.3, -0.25) is 0 Å². The van der Waals surface area contributed by atoms with Crippen molar-refractivity contribution in [1.29, 1.82) is 0 Å². The molecule has 2 aromatic rings. The second kappa shape index (κ2) is 7.94. The maximum Gasteiger partial charge on any atom is 0.0442 e. The lowest BCUT2D eigenvalue weighted by atomic mass is 10.0. The highest BCUT2D eigenvalue weighted by Crippen LogP contribution is 2.25. The van der Waals surface area contributed by atoms with E-state index >= 15 is 0 Å². The van der Waals surface area contributed by atoms with Gasteiger partial charge in [0.15, 0.2) is 0 Å². The van der Waals surface area contributed by atoms with E-state index in [1.54, 1.807) is 0 Å². The van der Waals surface area contributed by atoms with Crippen molar-refractivity contribution in [3.8, 4) is 0 Å².